The Hall–Kier alpha value is -4.57. The molecule has 0 spiro atoms. The largest absolute Gasteiger partial charge is 0.507 e. The molecule has 1 atom stereocenters. The second-order valence-electron chi connectivity index (χ2n) is 8.15. The SMILES string of the molecule is C=CCOC(=O)c1sc(N2C(=O)C(=O)/C(=C(/O)c3ccc(F)cc3)C2c2cccc(OCC=C)c2)nc1C. The Bertz CT molecular complexity index is 1460. The molecule has 194 valence electrons. The van der Waals surface area contributed by atoms with Crippen molar-refractivity contribution >= 4 is 39.9 Å². The fourth-order valence-corrected chi connectivity index (χ4v) is 4.90. The number of Topliss-reactive ketones (excluding diaryl/α,β-unsaturated/α-hetero) is 1. The number of hydrogen-bond acceptors (Lipinski definition) is 8. The zero-order valence-corrected chi connectivity index (χ0v) is 21.2. The highest BCUT2D eigenvalue weighted by molar-refractivity contribution is 7.17. The van der Waals surface area contributed by atoms with Gasteiger partial charge in [0.05, 0.1) is 17.3 Å². The Labute approximate surface area is 222 Å². The second-order valence-corrected chi connectivity index (χ2v) is 9.12. The molecule has 1 aliphatic rings. The first-order valence-corrected chi connectivity index (χ1v) is 12.2. The average Bonchev–Trinajstić information content (AvgIpc) is 3.42. The third-order valence-corrected chi connectivity index (χ3v) is 6.75. The molecule has 1 unspecified atom stereocenters. The molecule has 2 aromatic carbocycles. The number of amides is 1. The summed E-state index contributed by atoms with van der Waals surface area (Å²) in [6.07, 6.45) is 2.99. The summed E-state index contributed by atoms with van der Waals surface area (Å²) in [7, 11) is 0. The van der Waals surface area contributed by atoms with Gasteiger partial charge in [-0.2, -0.15) is 0 Å². The lowest BCUT2D eigenvalue weighted by Gasteiger charge is -2.23. The van der Waals surface area contributed by atoms with Gasteiger partial charge in [-0.1, -0.05) is 48.8 Å². The van der Waals surface area contributed by atoms with Crippen molar-refractivity contribution < 1.29 is 33.4 Å². The van der Waals surface area contributed by atoms with Gasteiger partial charge in [0.1, 0.15) is 35.4 Å². The molecular weight excluding hydrogens is 511 g/mol. The molecule has 0 bridgehead atoms. The van der Waals surface area contributed by atoms with E-state index in [9.17, 15) is 23.9 Å². The maximum absolute atomic E-state index is 13.5. The van der Waals surface area contributed by atoms with E-state index in [1.807, 2.05) is 0 Å². The van der Waals surface area contributed by atoms with Crippen molar-refractivity contribution in [1.29, 1.82) is 0 Å². The number of halogens is 1. The molecule has 0 saturated carbocycles. The standard InChI is InChI=1S/C28H23FN2O6S/c1-4-13-36-20-8-6-7-18(15-20)22-21(23(32)17-9-11-19(29)12-10-17)24(33)26(34)31(22)28-30-16(3)25(38-28)27(35)37-14-5-2/h4-12,15,22,32H,1-2,13-14H2,3H3/b23-21+. The number of thiazole rings is 1. The second kappa shape index (κ2) is 11.2. The number of ketones is 1. The Kier molecular flexibility index (Phi) is 7.82. The number of aliphatic hydroxyl groups is 1. The zero-order chi connectivity index (χ0) is 27.4. The number of nitrogens with zero attached hydrogens (tertiary/aromatic N) is 2. The van der Waals surface area contributed by atoms with Crippen LogP contribution in [-0.2, 0) is 14.3 Å². The highest BCUT2D eigenvalue weighted by Crippen LogP contribution is 2.44. The van der Waals surface area contributed by atoms with Gasteiger partial charge in [0.15, 0.2) is 5.13 Å². The Balaban J connectivity index is 1.88. The number of ether oxygens (including phenoxy) is 2. The number of aryl methyl sites for hydroxylation is 1. The minimum Gasteiger partial charge on any atom is -0.507 e. The van der Waals surface area contributed by atoms with Crippen molar-refractivity contribution in [3.8, 4) is 5.75 Å². The number of carbonyl (C=O) groups is 3. The van der Waals surface area contributed by atoms with Crippen LogP contribution in [0.15, 0.2) is 79.4 Å². The van der Waals surface area contributed by atoms with Crippen molar-refractivity contribution in [3.63, 3.8) is 0 Å². The van der Waals surface area contributed by atoms with Crippen LogP contribution in [0.1, 0.15) is 32.5 Å². The van der Waals surface area contributed by atoms with Crippen LogP contribution >= 0.6 is 11.3 Å². The van der Waals surface area contributed by atoms with Gasteiger partial charge in [-0.05, 0) is 48.9 Å². The van der Waals surface area contributed by atoms with Gasteiger partial charge in [-0.3, -0.25) is 14.5 Å². The van der Waals surface area contributed by atoms with Crippen LogP contribution in [0.2, 0.25) is 0 Å². The van der Waals surface area contributed by atoms with Gasteiger partial charge in [0.25, 0.3) is 5.78 Å². The van der Waals surface area contributed by atoms with E-state index in [4.69, 9.17) is 9.47 Å². The summed E-state index contributed by atoms with van der Waals surface area (Å²) in [5.74, 6) is -3.12. The normalized spacial score (nSPS) is 16.4. The minimum atomic E-state index is -1.12. The zero-order valence-electron chi connectivity index (χ0n) is 20.3. The summed E-state index contributed by atoms with van der Waals surface area (Å²) in [5, 5.41) is 11.2. The molecule has 1 fully saturated rings. The summed E-state index contributed by atoms with van der Waals surface area (Å²) in [6.45, 7) is 8.94. The van der Waals surface area contributed by atoms with Crippen molar-refractivity contribution in [2.45, 2.75) is 13.0 Å². The number of rotatable bonds is 9. The van der Waals surface area contributed by atoms with E-state index in [1.54, 1.807) is 37.3 Å². The van der Waals surface area contributed by atoms with Crippen LogP contribution in [0, 0.1) is 12.7 Å². The van der Waals surface area contributed by atoms with E-state index in [-0.39, 0.29) is 34.4 Å². The summed E-state index contributed by atoms with van der Waals surface area (Å²) in [4.78, 5) is 44.9. The smallest absolute Gasteiger partial charge is 0.350 e. The number of esters is 1. The molecule has 1 amide bonds. The quantitative estimate of drug-likeness (QED) is 0.133. The van der Waals surface area contributed by atoms with Crippen molar-refractivity contribution in [2.24, 2.45) is 0 Å². The number of benzene rings is 2. The number of aromatic nitrogens is 1. The van der Waals surface area contributed by atoms with Crippen LogP contribution in [0.3, 0.4) is 0 Å². The summed E-state index contributed by atoms with van der Waals surface area (Å²) >= 11 is 0.884. The molecule has 38 heavy (non-hydrogen) atoms. The first-order chi connectivity index (χ1) is 18.3. The van der Waals surface area contributed by atoms with E-state index >= 15 is 0 Å². The van der Waals surface area contributed by atoms with E-state index in [0.717, 1.165) is 28.4 Å². The lowest BCUT2D eigenvalue weighted by molar-refractivity contribution is -0.132. The van der Waals surface area contributed by atoms with Crippen LogP contribution in [0.5, 0.6) is 5.75 Å². The molecule has 4 rings (SSSR count). The molecule has 10 heteroatoms. The molecule has 1 aliphatic heterocycles. The lowest BCUT2D eigenvalue weighted by Crippen LogP contribution is -2.29. The first kappa shape index (κ1) is 26.5. The van der Waals surface area contributed by atoms with Crippen LogP contribution in [0.4, 0.5) is 9.52 Å². The van der Waals surface area contributed by atoms with Crippen LogP contribution < -0.4 is 9.64 Å². The highest BCUT2D eigenvalue weighted by Gasteiger charge is 2.48. The van der Waals surface area contributed by atoms with Crippen molar-refractivity contribution in [2.75, 3.05) is 18.1 Å². The van der Waals surface area contributed by atoms with E-state index in [2.05, 4.69) is 18.1 Å². The lowest BCUT2D eigenvalue weighted by atomic mass is 9.95. The van der Waals surface area contributed by atoms with Gasteiger partial charge in [0, 0.05) is 5.56 Å². The Morgan fingerprint density at radius 1 is 1.16 bits per heavy atom. The predicted octanol–water partition coefficient (Wildman–Crippen LogP) is 5.12. The number of aliphatic hydroxyl groups excluding tert-OH is 1. The molecule has 0 aliphatic carbocycles. The molecule has 3 aromatic rings. The molecule has 1 saturated heterocycles. The molecular formula is C28H23FN2O6S. The number of anilines is 1. The fraction of sp³-hybridized carbons (Fsp3) is 0.143. The van der Waals surface area contributed by atoms with Crippen molar-refractivity contribution in [3.05, 3.63) is 107 Å². The topological polar surface area (TPSA) is 106 Å². The summed E-state index contributed by atoms with van der Waals surface area (Å²) < 4.78 is 24.3. The Morgan fingerprint density at radius 2 is 1.87 bits per heavy atom. The van der Waals surface area contributed by atoms with Crippen LogP contribution in [-0.4, -0.2) is 41.0 Å². The highest BCUT2D eigenvalue weighted by atomic mass is 32.1. The molecule has 2 heterocycles. The maximum atomic E-state index is 13.5. The van der Waals surface area contributed by atoms with E-state index < -0.39 is 35.3 Å². The van der Waals surface area contributed by atoms with E-state index in [1.165, 1.54) is 18.2 Å². The predicted molar refractivity (Wildman–Crippen MR) is 141 cm³/mol. The summed E-state index contributed by atoms with van der Waals surface area (Å²) in [6, 6.07) is 10.4. The maximum Gasteiger partial charge on any atom is 0.350 e. The third-order valence-electron chi connectivity index (χ3n) is 5.61. The number of carbonyl (C=O) groups excluding carboxylic acids is 3. The monoisotopic (exact) mass is 534 g/mol. The van der Waals surface area contributed by atoms with Gasteiger partial charge in [0.2, 0.25) is 0 Å². The van der Waals surface area contributed by atoms with Gasteiger partial charge in [-0.15, -0.1) is 0 Å². The van der Waals surface area contributed by atoms with Crippen LogP contribution in [0.25, 0.3) is 5.76 Å². The minimum absolute atomic E-state index is 0.00874. The Morgan fingerprint density at radius 3 is 2.55 bits per heavy atom. The fourth-order valence-electron chi connectivity index (χ4n) is 3.91. The number of hydrogen-bond donors (Lipinski definition) is 1. The van der Waals surface area contributed by atoms with Gasteiger partial charge < -0.3 is 14.6 Å². The third kappa shape index (κ3) is 5.12. The molecule has 8 nitrogen and oxygen atoms in total. The first-order valence-electron chi connectivity index (χ1n) is 11.4. The average molecular weight is 535 g/mol. The molecule has 1 N–H and O–H groups in total. The molecule has 0 radical (unpaired) electrons. The summed E-state index contributed by atoms with van der Waals surface area (Å²) in [5.41, 5.74) is 0.683. The van der Waals surface area contributed by atoms with E-state index in [0.29, 0.717) is 17.0 Å². The van der Waals surface area contributed by atoms with Gasteiger partial charge in [-0.25, -0.2) is 14.2 Å². The van der Waals surface area contributed by atoms with Crippen molar-refractivity contribution in [1.82, 2.24) is 4.98 Å². The molecule has 1 aromatic heterocycles. The van der Waals surface area contributed by atoms with Gasteiger partial charge >= 0.3 is 11.9 Å².